The molecule has 0 aromatic rings. The van der Waals surface area contributed by atoms with Crippen molar-refractivity contribution in [2.75, 3.05) is 25.9 Å². The van der Waals surface area contributed by atoms with Gasteiger partial charge in [-0.2, -0.15) is 12.6 Å². The summed E-state index contributed by atoms with van der Waals surface area (Å²) in [6, 6.07) is 0. The van der Waals surface area contributed by atoms with Gasteiger partial charge in [0.05, 0.1) is 0 Å². The molecule has 0 heterocycles. The van der Waals surface area contributed by atoms with E-state index in [1.54, 1.807) is 0 Å². The number of hydrogen-bond donors (Lipinski definition) is 1. The lowest BCUT2D eigenvalue weighted by molar-refractivity contribution is 0.313. The predicted octanol–water partition coefficient (Wildman–Crippen LogP) is 2.43. The van der Waals surface area contributed by atoms with Gasteiger partial charge in [-0.05, 0) is 50.9 Å². The lowest BCUT2D eigenvalue weighted by Crippen LogP contribution is -2.22. The van der Waals surface area contributed by atoms with Crippen molar-refractivity contribution in [3.8, 4) is 0 Å². The lowest BCUT2D eigenvalue weighted by atomic mass is 10.2. The number of rotatable bonds is 7. The molecule has 1 aliphatic carbocycles. The van der Waals surface area contributed by atoms with Crippen LogP contribution in [-0.4, -0.2) is 30.8 Å². The second-order valence-electron chi connectivity index (χ2n) is 3.99. The molecule has 1 rings (SSSR count). The zero-order chi connectivity index (χ0) is 8.81. The van der Waals surface area contributed by atoms with Crippen molar-refractivity contribution in [2.45, 2.75) is 32.1 Å². The van der Waals surface area contributed by atoms with Gasteiger partial charge in [0.2, 0.25) is 0 Å². The van der Waals surface area contributed by atoms with Crippen molar-refractivity contribution >= 4 is 12.6 Å². The maximum atomic E-state index is 4.20. The maximum absolute atomic E-state index is 4.20. The lowest BCUT2D eigenvalue weighted by Gasteiger charge is -2.15. The Morgan fingerprint density at radius 2 is 2.00 bits per heavy atom. The van der Waals surface area contributed by atoms with E-state index in [1.807, 2.05) is 0 Å². The Hall–Kier alpha value is 0.310. The van der Waals surface area contributed by atoms with Gasteiger partial charge in [0.15, 0.2) is 0 Å². The van der Waals surface area contributed by atoms with Crippen LogP contribution in [0.1, 0.15) is 32.1 Å². The van der Waals surface area contributed by atoms with Crippen molar-refractivity contribution in [1.82, 2.24) is 4.90 Å². The molecule has 0 radical (unpaired) electrons. The van der Waals surface area contributed by atoms with Crippen LogP contribution in [-0.2, 0) is 0 Å². The quantitative estimate of drug-likeness (QED) is 0.473. The minimum absolute atomic E-state index is 1.04. The molecule has 1 fully saturated rings. The summed E-state index contributed by atoms with van der Waals surface area (Å²) in [4.78, 5) is 2.48. The first-order valence-electron chi connectivity index (χ1n) is 5.12. The van der Waals surface area contributed by atoms with Gasteiger partial charge in [0, 0.05) is 6.54 Å². The molecule has 0 bridgehead atoms. The number of nitrogens with zero attached hydrogens (tertiary/aromatic N) is 1. The smallest absolute Gasteiger partial charge is 0.000661 e. The third-order valence-corrected chi connectivity index (χ3v) is 2.78. The fourth-order valence-electron chi connectivity index (χ4n) is 1.50. The van der Waals surface area contributed by atoms with Crippen LogP contribution in [0.25, 0.3) is 0 Å². The summed E-state index contributed by atoms with van der Waals surface area (Å²) in [5.41, 5.74) is 0. The van der Waals surface area contributed by atoms with Crippen LogP contribution in [0.3, 0.4) is 0 Å². The molecule has 1 aliphatic rings. The first-order chi connectivity index (χ1) is 5.83. The average molecular weight is 187 g/mol. The highest BCUT2D eigenvalue weighted by atomic mass is 32.1. The minimum atomic E-state index is 1.04. The molecule has 0 unspecified atom stereocenters. The zero-order valence-corrected chi connectivity index (χ0v) is 9.02. The van der Waals surface area contributed by atoms with E-state index in [-0.39, 0.29) is 0 Å². The first kappa shape index (κ1) is 10.4. The van der Waals surface area contributed by atoms with Crippen molar-refractivity contribution < 1.29 is 0 Å². The van der Waals surface area contributed by atoms with Gasteiger partial charge >= 0.3 is 0 Å². The maximum Gasteiger partial charge on any atom is 0.000661 e. The van der Waals surface area contributed by atoms with Crippen LogP contribution in [0, 0.1) is 5.92 Å². The summed E-state index contributed by atoms with van der Waals surface area (Å²) in [6.07, 6.45) is 6.92. The molecule has 0 aromatic carbocycles. The number of thiol groups is 1. The van der Waals surface area contributed by atoms with E-state index in [0.29, 0.717) is 0 Å². The summed E-state index contributed by atoms with van der Waals surface area (Å²) >= 11 is 4.20. The van der Waals surface area contributed by atoms with E-state index in [1.165, 1.54) is 45.2 Å². The van der Waals surface area contributed by atoms with E-state index in [2.05, 4.69) is 24.6 Å². The Labute approximate surface area is 81.9 Å². The topological polar surface area (TPSA) is 3.24 Å². The molecule has 0 saturated heterocycles. The molecule has 1 nitrogen and oxygen atoms in total. The molecule has 0 aromatic heterocycles. The van der Waals surface area contributed by atoms with Gasteiger partial charge < -0.3 is 4.90 Å². The fourth-order valence-corrected chi connectivity index (χ4v) is 1.73. The van der Waals surface area contributed by atoms with Crippen LogP contribution in [0.15, 0.2) is 0 Å². The monoisotopic (exact) mass is 187 g/mol. The van der Waals surface area contributed by atoms with Gasteiger partial charge in [-0.15, -0.1) is 0 Å². The van der Waals surface area contributed by atoms with E-state index in [4.69, 9.17) is 0 Å². The third kappa shape index (κ3) is 5.04. The molecular formula is C10H21NS. The molecular weight excluding hydrogens is 166 g/mol. The molecule has 12 heavy (non-hydrogen) atoms. The van der Waals surface area contributed by atoms with Crippen molar-refractivity contribution in [2.24, 2.45) is 5.92 Å². The molecule has 0 aliphatic heterocycles. The van der Waals surface area contributed by atoms with Gasteiger partial charge in [-0.1, -0.05) is 6.42 Å². The van der Waals surface area contributed by atoms with E-state index in [9.17, 15) is 0 Å². The van der Waals surface area contributed by atoms with Gasteiger partial charge in [-0.25, -0.2) is 0 Å². The molecule has 0 amide bonds. The van der Waals surface area contributed by atoms with E-state index < -0.39 is 0 Å². The average Bonchev–Trinajstić information content (AvgIpc) is 2.82. The number of hydrogen-bond acceptors (Lipinski definition) is 2. The van der Waals surface area contributed by atoms with E-state index >= 15 is 0 Å². The largest absolute Gasteiger partial charge is 0.306 e. The van der Waals surface area contributed by atoms with Gasteiger partial charge in [-0.3, -0.25) is 0 Å². The van der Waals surface area contributed by atoms with Gasteiger partial charge in [0.1, 0.15) is 0 Å². The Bertz CT molecular complexity index is 112. The fraction of sp³-hybridized carbons (Fsp3) is 1.00. The highest BCUT2D eigenvalue weighted by Gasteiger charge is 2.22. The third-order valence-electron chi connectivity index (χ3n) is 2.46. The standard InChI is InChI=1S/C10H21NS/c1-11(9-10-5-6-10)7-3-2-4-8-12/h10,12H,2-9H2,1H3. The zero-order valence-electron chi connectivity index (χ0n) is 8.13. The van der Waals surface area contributed by atoms with Crippen molar-refractivity contribution in [1.29, 1.82) is 0 Å². The minimum Gasteiger partial charge on any atom is -0.306 e. The Kier molecular flexibility index (Phi) is 5.08. The van der Waals surface area contributed by atoms with Gasteiger partial charge in [0.25, 0.3) is 0 Å². The van der Waals surface area contributed by atoms with Crippen molar-refractivity contribution in [3.63, 3.8) is 0 Å². The molecule has 1 saturated carbocycles. The van der Waals surface area contributed by atoms with Crippen molar-refractivity contribution in [3.05, 3.63) is 0 Å². The van der Waals surface area contributed by atoms with Crippen LogP contribution >= 0.6 is 12.6 Å². The summed E-state index contributed by atoms with van der Waals surface area (Å²) < 4.78 is 0. The Morgan fingerprint density at radius 3 is 2.58 bits per heavy atom. The highest BCUT2D eigenvalue weighted by Crippen LogP contribution is 2.29. The summed E-state index contributed by atoms with van der Waals surface area (Å²) in [5.74, 6) is 2.09. The van der Waals surface area contributed by atoms with Crippen LogP contribution in [0.4, 0.5) is 0 Å². The second-order valence-corrected chi connectivity index (χ2v) is 4.44. The molecule has 0 N–H and O–H groups in total. The second kappa shape index (κ2) is 5.87. The number of unbranched alkanes of at least 4 members (excludes halogenated alkanes) is 2. The van der Waals surface area contributed by atoms with Crippen LogP contribution in [0.2, 0.25) is 0 Å². The summed E-state index contributed by atoms with van der Waals surface area (Å²) in [5, 5.41) is 0. The Balaban J connectivity index is 1.83. The molecule has 0 atom stereocenters. The Morgan fingerprint density at radius 1 is 1.25 bits per heavy atom. The summed E-state index contributed by atoms with van der Waals surface area (Å²) in [7, 11) is 2.25. The predicted molar refractivity (Wildman–Crippen MR) is 57.9 cm³/mol. The SMILES string of the molecule is CN(CCCCCS)CC1CC1. The molecule has 72 valence electrons. The molecule has 2 heteroatoms. The summed E-state index contributed by atoms with van der Waals surface area (Å²) in [6.45, 7) is 2.62. The highest BCUT2D eigenvalue weighted by molar-refractivity contribution is 7.80. The first-order valence-corrected chi connectivity index (χ1v) is 5.75. The van der Waals surface area contributed by atoms with Crippen LogP contribution < -0.4 is 0 Å². The molecule has 0 spiro atoms. The normalized spacial score (nSPS) is 17.2. The van der Waals surface area contributed by atoms with Crippen LogP contribution in [0.5, 0.6) is 0 Å². The van der Waals surface area contributed by atoms with E-state index in [0.717, 1.165) is 11.7 Å².